The topological polar surface area (TPSA) is 72.7 Å². The first-order chi connectivity index (χ1) is 12.3. The van der Waals surface area contributed by atoms with Crippen molar-refractivity contribution in [3.8, 4) is 0 Å². The largest absolute Gasteiger partial charge is 0.344 e. The van der Waals surface area contributed by atoms with Crippen molar-refractivity contribution in [3.05, 3.63) is 64.6 Å². The molecule has 0 radical (unpaired) electrons. The molecule has 25 heavy (non-hydrogen) atoms. The van der Waals surface area contributed by atoms with Crippen LogP contribution < -0.4 is 5.32 Å². The van der Waals surface area contributed by atoms with Crippen molar-refractivity contribution in [2.45, 2.75) is 38.8 Å². The van der Waals surface area contributed by atoms with Gasteiger partial charge in [0.05, 0.1) is 11.0 Å². The van der Waals surface area contributed by atoms with Gasteiger partial charge in [-0.1, -0.05) is 37.3 Å². The molecule has 1 aromatic carbocycles. The second kappa shape index (κ2) is 8.53. The maximum atomic E-state index is 12.6. The Morgan fingerprint density at radius 2 is 2.16 bits per heavy atom. The third-order valence-electron chi connectivity index (χ3n) is 3.87. The summed E-state index contributed by atoms with van der Waals surface area (Å²) in [4.78, 5) is 21.0. The van der Waals surface area contributed by atoms with Crippen molar-refractivity contribution in [3.63, 3.8) is 0 Å². The lowest BCUT2D eigenvalue weighted by Crippen LogP contribution is -2.29. The molecule has 0 fully saturated rings. The van der Waals surface area contributed by atoms with Gasteiger partial charge in [-0.15, -0.1) is 11.3 Å². The van der Waals surface area contributed by atoms with Gasteiger partial charge in [0.2, 0.25) is 0 Å². The van der Waals surface area contributed by atoms with E-state index in [0.717, 1.165) is 29.8 Å². The highest BCUT2D eigenvalue weighted by Crippen LogP contribution is 2.19. The minimum atomic E-state index is -0.133. The summed E-state index contributed by atoms with van der Waals surface area (Å²) in [5, 5.41) is 10.1. The summed E-state index contributed by atoms with van der Waals surface area (Å²) in [6.45, 7) is 2.79. The van der Waals surface area contributed by atoms with Crippen LogP contribution in [-0.2, 0) is 13.0 Å². The molecule has 0 bridgehead atoms. The van der Waals surface area contributed by atoms with E-state index in [4.69, 9.17) is 0 Å². The molecule has 1 atom stereocenters. The second-order valence-electron chi connectivity index (χ2n) is 5.76. The van der Waals surface area contributed by atoms with Crippen LogP contribution in [0.15, 0.2) is 48.4 Å². The molecule has 6 nitrogen and oxygen atoms in total. The van der Waals surface area contributed by atoms with E-state index in [0.29, 0.717) is 12.2 Å². The van der Waals surface area contributed by atoms with Crippen LogP contribution in [0.4, 0.5) is 0 Å². The van der Waals surface area contributed by atoms with Gasteiger partial charge < -0.3 is 5.32 Å². The summed E-state index contributed by atoms with van der Waals surface area (Å²) in [6, 6.07) is 9.87. The molecular weight excluding hydrogens is 334 g/mol. The Labute approximate surface area is 150 Å². The number of nitrogens with one attached hydrogen (secondary N) is 1. The zero-order valence-electron chi connectivity index (χ0n) is 14.1. The van der Waals surface area contributed by atoms with Gasteiger partial charge in [-0.3, -0.25) is 9.48 Å². The zero-order chi connectivity index (χ0) is 17.5. The number of hydrogen-bond donors (Lipinski definition) is 1. The highest BCUT2D eigenvalue weighted by atomic mass is 32.1. The van der Waals surface area contributed by atoms with Crippen molar-refractivity contribution in [1.29, 1.82) is 0 Å². The average Bonchev–Trinajstić information content (AvgIpc) is 3.31. The number of aryl methyl sites for hydroxylation is 2. The minimum absolute atomic E-state index is 0.103. The van der Waals surface area contributed by atoms with Crippen molar-refractivity contribution in [1.82, 2.24) is 25.1 Å². The summed E-state index contributed by atoms with van der Waals surface area (Å²) in [5.74, 6) is -0.133. The predicted octanol–water partition coefficient (Wildman–Crippen LogP) is 3.25. The van der Waals surface area contributed by atoms with Crippen LogP contribution in [0.5, 0.6) is 0 Å². The highest BCUT2D eigenvalue weighted by Gasteiger charge is 2.18. The van der Waals surface area contributed by atoms with Crippen LogP contribution in [0, 0.1) is 0 Å². The number of aromatic nitrogens is 4. The Hall–Kier alpha value is -2.54. The molecule has 2 heterocycles. The van der Waals surface area contributed by atoms with E-state index in [1.807, 2.05) is 35.7 Å². The third-order valence-corrected chi connectivity index (χ3v) is 4.78. The van der Waals surface area contributed by atoms with Gasteiger partial charge in [-0.2, -0.15) is 5.10 Å². The van der Waals surface area contributed by atoms with Crippen LogP contribution in [0.2, 0.25) is 0 Å². The summed E-state index contributed by atoms with van der Waals surface area (Å²) < 4.78 is 1.77. The molecule has 0 aliphatic carbocycles. The summed E-state index contributed by atoms with van der Waals surface area (Å²) in [5.41, 5.74) is 1.56. The van der Waals surface area contributed by atoms with Gasteiger partial charge >= 0.3 is 0 Å². The second-order valence-corrected chi connectivity index (χ2v) is 6.70. The Morgan fingerprint density at radius 1 is 1.32 bits per heavy atom. The van der Waals surface area contributed by atoms with E-state index in [9.17, 15) is 4.79 Å². The summed E-state index contributed by atoms with van der Waals surface area (Å²) >= 11 is 1.54. The highest BCUT2D eigenvalue weighted by molar-refractivity contribution is 7.09. The molecule has 0 saturated carbocycles. The number of rotatable bonds is 8. The van der Waals surface area contributed by atoms with Gasteiger partial charge in [0.25, 0.3) is 5.91 Å². The molecule has 3 rings (SSSR count). The maximum absolute atomic E-state index is 12.6. The lowest BCUT2D eigenvalue weighted by molar-refractivity contribution is 0.0928. The fourth-order valence-electron chi connectivity index (χ4n) is 2.59. The average molecular weight is 355 g/mol. The fraction of sp³-hybridized carbons (Fsp3) is 0.333. The maximum Gasteiger partial charge on any atom is 0.271 e. The summed E-state index contributed by atoms with van der Waals surface area (Å²) in [7, 11) is 0. The molecule has 0 saturated heterocycles. The molecule has 0 aliphatic rings. The first-order valence-corrected chi connectivity index (χ1v) is 9.27. The first kappa shape index (κ1) is 17.3. The van der Waals surface area contributed by atoms with Crippen LogP contribution in [0.25, 0.3) is 0 Å². The van der Waals surface area contributed by atoms with E-state index in [1.165, 1.54) is 6.33 Å². The van der Waals surface area contributed by atoms with Gasteiger partial charge in [0.15, 0.2) is 0 Å². The smallest absolute Gasteiger partial charge is 0.271 e. The van der Waals surface area contributed by atoms with Gasteiger partial charge in [-0.05, 0) is 24.8 Å². The monoisotopic (exact) mass is 355 g/mol. The number of hydrogen-bond acceptors (Lipinski definition) is 5. The number of carbonyl (C=O) groups is 1. The van der Waals surface area contributed by atoms with Crippen molar-refractivity contribution in [2.24, 2.45) is 0 Å². The van der Waals surface area contributed by atoms with Crippen molar-refractivity contribution < 1.29 is 4.79 Å². The Bertz CT molecular complexity index is 785. The number of benzene rings is 1. The van der Waals surface area contributed by atoms with Crippen LogP contribution >= 0.6 is 11.3 Å². The standard InChI is InChI=1S/C18H21N5OS/c1-2-6-17-21-16(11-25-17)18(24)22-15(14-7-4-3-5-8-14)9-10-23-13-19-12-20-23/h3-5,7-8,11-13,15H,2,6,9-10H2,1H3,(H,22,24)/t15-/m0/s1. The number of amides is 1. The van der Waals surface area contributed by atoms with E-state index < -0.39 is 0 Å². The lowest BCUT2D eigenvalue weighted by Gasteiger charge is -2.18. The molecule has 0 spiro atoms. The van der Waals surface area contributed by atoms with Gasteiger partial charge in [0.1, 0.15) is 18.3 Å². The number of nitrogens with zero attached hydrogens (tertiary/aromatic N) is 4. The zero-order valence-corrected chi connectivity index (χ0v) is 14.9. The number of carbonyl (C=O) groups excluding carboxylic acids is 1. The molecule has 7 heteroatoms. The van der Waals surface area contributed by atoms with Crippen LogP contribution in [-0.4, -0.2) is 25.7 Å². The molecule has 0 unspecified atom stereocenters. The SMILES string of the molecule is CCCc1nc(C(=O)N[C@@H](CCn2cncn2)c2ccccc2)cs1. The number of thiazole rings is 1. The molecule has 0 aliphatic heterocycles. The van der Waals surface area contributed by atoms with Gasteiger partial charge in [-0.25, -0.2) is 9.97 Å². The fourth-order valence-corrected chi connectivity index (χ4v) is 3.47. The normalized spacial score (nSPS) is 12.0. The van der Waals surface area contributed by atoms with Crippen molar-refractivity contribution in [2.75, 3.05) is 0 Å². The molecule has 2 aromatic heterocycles. The molecular formula is C18H21N5OS. The van der Waals surface area contributed by atoms with Gasteiger partial charge in [0, 0.05) is 11.9 Å². The van der Waals surface area contributed by atoms with Crippen LogP contribution in [0.1, 0.15) is 46.9 Å². The molecule has 130 valence electrons. The quantitative estimate of drug-likeness (QED) is 0.673. The Balaban J connectivity index is 1.70. The molecule has 1 N–H and O–H groups in total. The lowest BCUT2D eigenvalue weighted by atomic mass is 10.0. The van der Waals surface area contributed by atoms with Crippen molar-refractivity contribution >= 4 is 17.2 Å². The van der Waals surface area contributed by atoms with E-state index in [-0.39, 0.29) is 11.9 Å². The Morgan fingerprint density at radius 3 is 2.88 bits per heavy atom. The molecule has 3 aromatic rings. The minimum Gasteiger partial charge on any atom is -0.344 e. The van der Waals surface area contributed by atoms with Crippen LogP contribution in [0.3, 0.4) is 0 Å². The predicted molar refractivity (Wildman–Crippen MR) is 97.4 cm³/mol. The van der Waals surface area contributed by atoms with E-state index in [1.54, 1.807) is 22.3 Å². The molecule has 1 amide bonds. The first-order valence-electron chi connectivity index (χ1n) is 8.39. The van der Waals surface area contributed by atoms with E-state index >= 15 is 0 Å². The Kier molecular flexibility index (Phi) is 5.90. The third kappa shape index (κ3) is 4.73. The summed E-state index contributed by atoms with van der Waals surface area (Å²) in [6.07, 6.45) is 5.86. The van der Waals surface area contributed by atoms with E-state index in [2.05, 4.69) is 27.3 Å².